The lowest BCUT2D eigenvalue weighted by Crippen LogP contribution is -2.56. The highest BCUT2D eigenvalue weighted by molar-refractivity contribution is 9.09. The van der Waals surface area contributed by atoms with Crippen LogP contribution in [0.3, 0.4) is 0 Å². The number of nitrogens with one attached hydrogen (secondary N) is 1. The van der Waals surface area contributed by atoms with Gasteiger partial charge in [-0.3, -0.25) is 4.79 Å². The number of rotatable bonds is 6. The number of ether oxygens (including phenoxy) is 2. The topological polar surface area (TPSA) is 123 Å². The lowest BCUT2D eigenvalue weighted by molar-refractivity contribution is -0.129. The highest BCUT2D eigenvalue weighted by Crippen LogP contribution is 2.37. The number of pyridine rings is 2. The number of allylic oxidation sites excluding steroid dienone is 1. The summed E-state index contributed by atoms with van der Waals surface area (Å²) in [7, 11) is 0. The van der Waals surface area contributed by atoms with Crippen LogP contribution in [0.5, 0.6) is 17.2 Å². The molecular formula is C29H25BrFN9O3. The van der Waals surface area contributed by atoms with E-state index in [1.54, 1.807) is 41.1 Å². The number of benzene rings is 1. The van der Waals surface area contributed by atoms with Gasteiger partial charge in [0.05, 0.1) is 17.2 Å². The Kier molecular flexibility index (Phi) is 6.97. The van der Waals surface area contributed by atoms with Gasteiger partial charge in [-0.05, 0) is 30.7 Å². The van der Waals surface area contributed by atoms with Crippen LogP contribution >= 0.6 is 15.9 Å². The zero-order valence-corrected chi connectivity index (χ0v) is 24.5. The number of carbonyl (C=O) groups is 1. The van der Waals surface area contributed by atoms with Gasteiger partial charge in [0, 0.05) is 49.4 Å². The first kappa shape index (κ1) is 27.0. The molecule has 6 heterocycles. The van der Waals surface area contributed by atoms with Crippen LogP contribution in [0.1, 0.15) is 5.56 Å². The minimum absolute atomic E-state index is 0.0424. The molecule has 0 unspecified atom stereocenters. The van der Waals surface area contributed by atoms with Gasteiger partial charge in [-0.2, -0.15) is 5.10 Å². The highest BCUT2D eigenvalue weighted by Gasteiger charge is 2.35. The van der Waals surface area contributed by atoms with Gasteiger partial charge >= 0.3 is 0 Å². The third-order valence-corrected chi connectivity index (χ3v) is 7.77. The van der Waals surface area contributed by atoms with E-state index < -0.39 is 5.82 Å². The lowest BCUT2D eigenvalue weighted by atomic mass is 10.1. The number of aryl methyl sites for hydroxylation is 1. The molecular weight excluding hydrogens is 621 g/mol. The van der Waals surface area contributed by atoms with Gasteiger partial charge in [0.25, 0.3) is 0 Å². The molecule has 2 aliphatic rings. The summed E-state index contributed by atoms with van der Waals surface area (Å²) in [6.45, 7) is 3.89. The summed E-state index contributed by atoms with van der Waals surface area (Å²) < 4.78 is 29.1. The number of alkyl halides is 1. The molecule has 0 aliphatic carbocycles. The van der Waals surface area contributed by atoms with E-state index in [0.717, 1.165) is 0 Å². The number of amides is 1. The van der Waals surface area contributed by atoms with Gasteiger partial charge in [0.15, 0.2) is 23.0 Å². The highest BCUT2D eigenvalue weighted by atomic mass is 79.9. The van der Waals surface area contributed by atoms with Crippen molar-refractivity contribution in [3.8, 4) is 17.2 Å². The van der Waals surface area contributed by atoms with Gasteiger partial charge in [-0.15, -0.1) is 0 Å². The maximum atomic E-state index is 15.4. The Bertz CT molecular complexity index is 1900. The van der Waals surface area contributed by atoms with Crippen LogP contribution in [0.2, 0.25) is 0 Å². The van der Waals surface area contributed by atoms with Crippen molar-refractivity contribution < 1.29 is 18.7 Å². The quantitative estimate of drug-likeness (QED) is 0.210. The predicted molar refractivity (Wildman–Crippen MR) is 161 cm³/mol. The van der Waals surface area contributed by atoms with Crippen LogP contribution in [0.4, 0.5) is 21.7 Å². The molecule has 43 heavy (non-hydrogen) atoms. The minimum Gasteiger partial charge on any atom is -0.487 e. The molecule has 218 valence electrons. The Hall–Kier alpha value is -4.85. The largest absolute Gasteiger partial charge is 0.487 e. The Morgan fingerprint density at radius 2 is 2.12 bits per heavy atom. The molecule has 5 aromatic rings. The first-order chi connectivity index (χ1) is 21.0. The molecule has 0 radical (unpaired) electrons. The summed E-state index contributed by atoms with van der Waals surface area (Å²) in [5.41, 5.74) is 2.57. The summed E-state index contributed by atoms with van der Waals surface area (Å²) in [6, 6.07) is 8.13. The SMILES string of the molecule is Cc1cc(Nc2ncnc3cc4c(nc23)N2CCN(C(=O)/C=C/CBr)[C@H](CO4)C2)c(F)cc1Oc1ccn2ncnc2c1. The normalized spacial score (nSPS) is 16.3. The monoisotopic (exact) mass is 645 g/mol. The molecule has 2 bridgehead atoms. The zero-order chi connectivity index (χ0) is 29.5. The van der Waals surface area contributed by atoms with Crippen LogP contribution in [0, 0.1) is 12.7 Å². The molecule has 1 amide bonds. The molecule has 0 saturated carbocycles. The summed E-state index contributed by atoms with van der Waals surface area (Å²) >= 11 is 3.32. The van der Waals surface area contributed by atoms with E-state index in [4.69, 9.17) is 14.5 Å². The van der Waals surface area contributed by atoms with E-state index in [2.05, 4.69) is 46.2 Å². The number of nitrogens with zero attached hydrogens (tertiary/aromatic N) is 8. The maximum absolute atomic E-state index is 15.4. The number of piperazine rings is 1. The molecule has 14 heteroatoms. The Morgan fingerprint density at radius 3 is 3.00 bits per heavy atom. The lowest BCUT2D eigenvalue weighted by Gasteiger charge is -2.39. The minimum atomic E-state index is -0.522. The number of aromatic nitrogens is 6. The average molecular weight is 646 g/mol. The molecule has 7 rings (SSSR count). The van der Waals surface area contributed by atoms with Crippen LogP contribution in [0.15, 0.2) is 61.3 Å². The van der Waals surface area contributed by atoms with Crippen molar-refractivity contribution in [2.75, 3.05) is 41.8 Å². The number of fused-ring (bicyclic) bond motifs is 6. The Labute approximate surface area is 253 Å². The number of carbonyl (C=O) groups excluding carboxylic acids is 1. The van der Waals surface area contributed by atoms with Gasteiger partial charge in [0.1, 0.15) is 42.1 Å². The average Bonchev–Trinajstić information content (AvgIpc) is 3.44. The fourth-order valence-corrected chi connectivity index (χ4v) is 5.46. The van der Waals surface area contributed by atoms with E-state index in [0.29, 0.717) is 82.7 Å². The molecule has 12 nitrogen and oxygen atoms in total. The van der Waals surface area contributed by atoms with Crippen LogP contribution < -0.4 is 19.7 Å². The fraction of sp³-hybridized carbons (Fsp3) is 0.241. The first-order valence-electron chi connectivity index (χ1n) is 13.6. The molecule has 0 spiro atoms. The summed E-state index contributed by atoms with van der Waals surface area (Å²) in [5.74, 6) is 1.89. The Balaban J connectivity index is 1.15. The molecule has 1 aromatic carbocycles. The summed E-state index contributed by atoms with van der Waals surface area (Å²) in [4.78, 5) is 34.5. The third-order valence-electron chi connectivity index (χ3n) is 7.40. The zero-order valence-electron chi connectivity index (χ0n) is 22.9. The van der Waals surface area contributed by atoms with Gasteiger partial charge in [0.2, 0.25) is 5.91 Å². The van der Waals surface area contributed by atoms with Crippen molar-refractivity contribution in [1.29, 1.82) is 0 Å². The van der Waals surface area contributed by atoms with E-state index in [1.165, 1.54) is 18.7 Å². The van der Waals surface area contributed by atoms with E-state index >= 15 is 4.39 Å². The number of halogens is 2. The van der Waals surface area contributed by atoms with Crippen molar-refractivity contribution in [2.45, 2.75) is 13.0 Å². The number of hydrogen-bond donors (Lipinski definition) is 1. The molecule has 1 saturated heterocycles. The van der Waals surface area contributed by atoms with Crippen LogP contribution in [-0.4, -0.2) is 78.0 Å². The smallest absolute Gasteiger partial charge is 0.246 e. The fourth-order valence-electron chi connectivity index (χ4n) is 5.27. The first-order valence-corrected chi connectivity index (χ1v) is 14.7. The van der Waals surface area contributed by atoms with E-state index in [9.17, 15) is 4.79 Å². The predicted octanol–water partition coefficient (Wildman–Crippen LogP) is 4.41. The van der Waals surface area contributed by atoms with Gasteiger partial charge in [-0.25, -0.2) is 28.8 Å². The molecule has 4 aromatic heterocycles. The van der Waals surface area contributed by atoms with Crippen molar-refractivity contribution >= 4 is 55.8 Å². The second-order valence-corrected chi connectivity index (χ2v) is 10.8. The number of hydrogen-bond acceptors (Lipinski definition) is 10. The summed E-state index contributed by atoms with van der Waals surface area (Å²) in [5, 5.41) is 7.78. The van der Waals surface area contributed by atoms with Crippen LogP contribution in [-0.2, 0) is 4.79 Å². The van der Waals surface area contributed by atoms with Crippen molar-refractivity contribution in [3.63, 3.8) is 0 Å². The molecule has 1 N–H and O–H groups in total. The van der Waals surface area contributed by atoms with Crippen molar-refractivity contribution in [1.82, 2.24) is 34.4 Å². The third kappa shape index (κ3) is 5.18. The van der Waals surface area contributed by atoms with Gasteiger partial charge < -0.3 is 24.6 Å². The molecule has 2 aliphatic heterocycles. The van der Waals surface area contributed by atoms with Gasteiger partial charge in [-0.1, -0.05) is 22.0 Å². The summed E-state index contributed by atoms with van der Waals surface area (Å²) in [6.07, 6.45) is 7.94. The number of anilines is 3. The Morgan fingerprint density at radius 1 is 1.21 bits per heavy atom. The molecule has 1 atom stereocenters. The maximum Gasteiger partial charge on any atom is 0.246 e. The molecule has 1 fully saturated rings. The van der Waals surface area contributed by atoms with Crippen LogP contribution in [0.25, 0.3) is 16.7 Å². The van der Waals surface area contributed by atoms with E-state index in [-0.39, 0.29) is 17.6 Å². The van der Waals surface area contributed by atoms with Crippen molar-refractivity contribution in [3.05, 3.63) is 72.7 Å². The standard InChI is InChI=1S/C29H25BrFN9O3/c1-17-9-21(20(31)11-23(17)43-19-4-6-40-25(10-19)33-16-35-40)36-28-27-22(32-15-34-28)12-24-29(37-27)38-7-8-39(18(13-38)14-42-24)26(41)3-2-5-30/h2-4,6,9-12,15-16,18H,5,7-8,13-14H2,1H3,(H,32,34,36)/b3-2+/t18-/m0/s1. The van der Waals surface area contributed by atoms with E-state index in [1.807, 2.05) is 17.9 Å². The second kappa shape index (κ2) is 11.1. The van der Waals surface area contributed by atoms with Crippen molar-refractivity contribution in [2.24, 2.45) is 0 Å². The second-order valence-electron chi connectivity index (χ2n) is 10.1.